The minimum Gasteiger partial charge on any atom is -0.492 e. The second kappa shape index (κ2) is 4.75. The van der Waals surface area contributed by atoms with Crippen molar-refractivity contribution in [2.24, 2.45) is 5.73 Å². The first-order valence-corrected chi connectivity index (χ1v) is 5.87. The zero-order valence-corrected chi connectivity index (χ0v) is 10.0. The minimum absolute atomic E-state index is 0.0645. The van der Waals surface area contributed by atoms with E-state index in [9.17, 15) is 4.79 Å². The molecule has 17 heavy (non-hydrogen) atoms. The maximum atomic E-state index is 11.5. The Bertz CT molecular complexity index is 414. The molecule has 0 aromatic heterocycles. The standard InChI is InChI=1S/C13H18N2O2/c1-10-3-2-4-11(9-10)17-8-7-15-12(16)13(14)5-6-13/h2-4,9H,5-8,14H2,1H3,(H,15,16). The number of nitrogens with one attached hydrogen (secondary N) is 1. The fraction of sp³-hybridized carbons (Fsp3) is 0.462. The van der Waals surface area contributed by atoms with E-state index in [1.807, 2.05) is 31.2 Å². The lowest BCUT2D eigenvalue weighted by atomic mass is 10.2. The Hall–Kier alpha value is -1.55. The van der Waals surface area contributed by atoms with E-state index < -0.39 is 5.54 Å². The average molecular weight is 234 g/mol. The molecule has 1 amide bonds. The number of benzene rings is 1. The molecule has 0 bridgehead atoms. The van der Waals surface area contributed by atoms with Crippen LogP contribution < -0.4 is 15.8 Å². The van der Waals surface area contributed by atoms with E-state index in [4.69, 9.17) is 10.5 Å². The monoisotopic (exact) mass is 234 g/mol. The van der Waals surface area contributed by atoms with Crippen LogP contribution in [0.2, 0.25) is 0 Å². The molecule has 2 rings (SSSR count). The van der Waals surface area contributed by atoms with Gasteiger partial charge in [-0.25, -0.2) is 0 Å². The number of amides is 1. The van der Waals surface area contributed by atoms with Gasteiger partial charge in [0.1, 0.15) is 12.4 Å². The topological polar surface area (TPSA) is 64.3 Å². The first-order valence-electron chi connectivity index (χ1n) is 5.87. The maximum Gasteiger partial charge on any atom is 0.240 e. The van der Waals surface area contributed by atoms with Crippen molar-refractivity contribution < 1.29 is 9.53 Å². The van der Waals surface area contributed by atoms with Crippen LogP contribution in [-0.2, 0) is 4.79 Å². The van der Waals surface area contributed by atoms with Gasteiger partial charge in [-0.2, -0.15) is 0 Å². The molecule has 92 valence electrons. The van der Waals surface area contributed by atoms with Crippen molar-refractivity contribution in [3.05, 3.63) is 29.8 Å². The van der Waals surface area contributed by atoms with Crippen LogP contribution in [0.15, 0.2) is 24.3 Å². The van der Waals surface area contributed by atoms with E-state index in [1.54, 1.807) is 0 Å². The lowest BCUT2D eigenvalue weighted by Gasteiger charge is -2.11. The highest BCUT2D eigenvalue weighted by atomic mass is 16.5. The molecule has 4 heteroatoms. The second-order valence-corrected chi connectivity index (χ2v) is 4.58. The van der Waals surface area contributed by atoms with Crippen LogP contribution in [0.4, 0.5) is 0 Å². The predicted molar refractivity (Wildman–Crippen MR) is 65.8 cm³/mol. The van der Waals surface area contributed by atoms with Gasteiger partial charge in [0.25, 0.3) is 0 Å². The molecule has 1 aliphatic rings. The maximum absolute atomic E-state index is 11.5. The smallest absolute Gasteiger partial charge is 0.240 e. The Balaban J connectivity index is 1.68. The molecule has 1 aromatic rings. The predicted octanol–water partition coefficient (Wildman–Crippen LogP) is 0.981. The summed E-state index contributed by atoms with van der Waals surface area (Å²) in [6.45, 7) is 2.97. The van der Waals surface area contributed by atoms with Crippen molar-refractivity contribution in [1.82, 2.24) is 5.32 Å². The number of rotatable bonds is 5. The van der Waals surface area contributed by atoms with Gasteiger partial charge in [0, 0.05) is 0 Å². The van der Waals surface area contributed by atoms with Gasteiger partial charge >= 0.3 is 0 Å². The van der Waals surface area contributed by atoms with Crippen molar-refractivity contribution in [3.63, 3.8) is 0 Å². The summed E-state index contributed by atoms with van der Waals surface area (Å²) in [6.07, 6.45) is 1.58. The summed E-state index contributed by atoms with van der Waals surface area (Å²) in [5, 5.41) is 2.78. The number of ether oxygens (including phenoxy) is 1. The van der Waals surface area contributed by atoms with Crippen LogP contribution in [0, 0.1) is 6.92 Å². The van der Waals surface area contributed by atoms with E-state index in [1.165, 1.54) is 0 Å². The quantitative estimate of drug-likeness (QED) is 0.746. The highest BCUT2D eigenvalue weighted by Crippen LogP contribution is 2.31. The van der Waals surface area contributed by atoms with Gasteiger partial charge in [-0.1, -0.05) is 12.1 Å². The largest absolute Gasteiger partial charge is 0.492 e. The molecule has 0 atom stereocenters. The van der Waals surface area contributed by atoms with E-state index >= 15 is 0 Å². The number of aryl methyl sites for hydroxylation is 1. The summed E-state index contributed by atoms with van der Waals surface area (Å²) >= 11 is 0. The molecule has 0 aliphatic heterocycles. The molecule has 0 radical (unpaired) electrons. The lowest BCUT2D eigenvalue weighted by molar-refractivity contribution is -0.123. The fourth-order valence-electron chi connectivity index (χ4n) is 1.58. The number of carbonyl (C=O) groups excluding carboxylic acids is 1. The van der Waals surface area contributed by atoms with Crippen LogP contribution in [0.25, 0.3) is 0 Å². The second-order valence-electron chi connectivity index (χ2n) is 4.58. The zero-order valence-electron chi connectivity index (χ0n) is 10.0. The molecule has 1 saturated carbocycles. The third-order valence-electron chi connectivity index (χ3n) is 2.89. The van der Waals surface area contributed by atoms with Gasteiger partial charge in [0.2, 0.25) is 5.91 Å². The van der Waals surface area contributed by atoms with Crippen LogP contribution in [-0.4, -0.2) is 24.6 Å². The summed E-state index contributed by atoms with van der Waals surface area (Å²) in [5.74, 6) is 0.762. The molecule has 0 spiro atoms. The fourth-order valence-corrected chi connectivity index (χ4v) is 1.58. The van der Waals surface area contributed by atoms with E-state index in [0.717, 1.165) is 24.2 Å². The third kappa shape index (κ3) is 3.20. The van der Waals surface area contributed by atoms with Crippen LogP contribution in [0.3, 0.4) is 0 Å². The van der Waals surface area contributed by atoms with Crippen LogP contribution >= 0.6 is 0 Å². The molecule has 0 saturated heterocycles. The highest BCUT2D eigenvalue weighted by molar-refractivity contribution is 5.88. The molecule has 1 aliphatic carbocycles. The van der Waals surface area contributed by atoms with Crippen LogP contribution in [0.5, 0.6) is 5.75 Å². The number of hydrogen-bond donors (Lipinski definition) is 2. The Morgan fingerprint density at radius 3 is 2.94 bits per heavy atom. The molecule has 4 nitrogen and oxygen atoms in total. The van der Waals surface area contributed by atoms with Crippen molar-refractivity contribution in [3.8, 4) is 5.75 Å². The summed E-state index contributed by atoms with van der Waals surface area (Å²) in [6, 6.07) is 7.83. The van der Waals surface area contributed by atoms with Gasteiger partial charge < -0.3 is 15.8 Å². The molecular formula is C13H18N2O2. The van der Waals surface area contributed by atoms with Gasteiger partial charge in [-0.05, 0) is 37.5 Å². The van der Waals surface area contributed by atoms with Gasteiger partial charge in [-0.15, -0.1) is 0 Å². The molecule has 3 N–H and O–H groups in total. The Morgan fingerprint density at radius 2 is 2.29 bits per heavy atom. The molecule has 0 heterocycles. The van der Waals surface area contributed by atoms with E-state index in [0.29, 0.717) is 13.2 Å². The molecule has 1 aromatic carbocycles. The molecule has 0 unspecified atom stereocenters. The summed E-state index contributed by atoms with van der Waals surface area (Å²) in [7, 11) is 0. The Labute approximate surface area is 101 Å². The number of hydrogen-bond acceptors (Lipinski definition) is 3. The van der Waals surface area contributed by atoms with Gasteiger partial charge in [0.15, 0.2) is 0 Å². The van der Waals surface area contributed by atoms with Crippen molar-refractivity contribution in [1.29, 1.82) is 0 Å². The highest BCUT2D eigenvalue weighted by Gasteiger charge is 2.45. The molecular weight excluding hydrogens is 216 g/mol. The van der Waals surface area contributed by atoms with Crippen LogP contribution in [0.1, 0.15) is 18.4 Å². The summed E-state index contributed by atoms with van der Waals surface area (Å²) in [5.41, 5.74) is 6.31. The van der Waals surface area contributed by atoms with Gasteiger partial charge in [-0.3, -0.25) is 4.79 Å². The number of carbonyl (C=O) groups is 1. The Morgan fingerprint density at radius 1 is 1.53 bits per heavy atom. The van der Waals surface area contributed by atoms with Crippen molar-refractivity contribution in [2.45, 2.75) is 25.3 Å². The first-order chi connectivity index (χ1) is 8.10. The van der Waals surface area contributed by atoms with E-state index in [2.05, 4.69) is 5.32 Å². The van der Waals surface area contributed by atoms with Gasteiger partial charge in [0.05, 0.1) is 12.1 Å². The van der Waals surface area contributed by atoms with Crippen molar-refractivity contribution in [2.75, 3.05) is 13.2 Å². The van der Waals surface area contributed by atoms with E-state index in [-0.39, 0.29) is 5.91 Å². The zero-order chi connectivity index (χ0) is 12.3. The average Bonchev–Trinajstić information content (AvgIpc) is 3.04. The normalized spacial score (nSPS) is 16.4. The summed E-state index contributed by atoms with van der Waals surface area (Å²) < 4.78 is 5.51. The summed E-state index contributed by atoms with van der Waals surface area (Å²) in [4.78, 5) is 11.5. The number of nitrogens with two attached hydrogens (primary N) is 1. The Kier molecular flexibility index (Phi) is 3.33. The SMILES string of the molecule is Cc1cccc(OCCNC(=O)C2(N)CC2)c1. The lowest BCUT2D eigenvalue weighted by Crippen LogP contribution is -2.44. The molecule has 1 fully saturated rings. The van der Waals surface area contributed by atoms with Crippen molar-refractivity contribution >= 4 is 5.91 Å². The first kappa shape index (κ1) is 11.9. The minimum atomic E-state index is -0.594. The third-order valence-corrected chi connectivity index (χ3v) is 2.89.